The molecule has 0 saturated heterocycles. The number of hydrogen-bond acceptors (Lipinski definition) is 1. The molecule has 16 heavy (non-hydrogen) atoms. The van der Waals surface area contributed by atoms with E-state index in [1.165, 1.54) is 6.07 Å². The zero-order valence-electron chi connectivity index (χ0n) is 8.49. The predicted molar refractivity (Wildman–Crippen MR) is 62.5 cm³/mol. The Balaban J connectivity index is 2.31. The molecule has 0 spiro atoms. The van der Waals surface area contributed by atoms with E-state index in [1.807, 2.05) is 30.3 Å². The van der Waals surface area contributed by atoms with Gasteiger partial charge in [0.05, 0.1) is 5.88 Å². The van der Waals surface area contributed by atoms with Crippen molar-refractivity contribution < 1.29 is 9.13 Å². The van der Waals surface area contributed by atoms with Gasteiger partial charge < -0.3 is 4.74 Å². The monoisotopic (exact) mass is 236 g/mol. The van der Waals surface area contributed by atoms with Gasteiger partial charge in [-0.2, -0.15) is 0 Å². The SMILES string of the molecule is Fc1cccc(Oc2ccccc2)c1CCl. The molecular weight excluding hydrogens is 227 g/mol. The summed E-state index contributed by atoms with van der Waals surface area (Å²) in [6.07, 6.45) is 0. The maximum absolute atomic E-state index is 13.4. The lowest BCUT2D eigenvalue weighted by Gasteiger charge is -2.09. The van der Waals surface area contributed by atoms with Crippen LogP contribution in [0.5, 0.6) is 11.5 Å². The maximum atomic E-state index is 13.4. The van der Waals surface area contributed by atoms with Gasteiger partial charge in [0.1, 0.15) is 17.3 Å². The molecule has 82 valence electrons. The highest BCUT2D eigenvalue weighted by Gasteiger charge is 2.08. The fraction of sp³-hybridized carbons (Fsp3) is 0.0769. The van der Waals surface area contributed by atoms with Gasteiger partial charge in [0.2, 0.25) is 0 Å². The van der Waals surface area contributed by atoms with Gasteiger partial charge in [-0.1, -0.05) is 24.3 Å². The van der Waals surface area contributed by atoms with Crippen molar-refractivity contribution in [1.29, 1.82) is 0 Å². The highest BCUT2D eigenvalue weighted by atomic mass is 35.5. The second-order valence-corrected chi connectivity index (χ2v) is 3.53. The molecule has 2 aromatic rings. The second kappa shape index (κ2) is 4.99. The Kier molecular flexibility index (Phi) is 3.42. The normalized spacial score (nSPS) is 10.1. The minimum absolute atomic E-state index is 0.0921. The minimum Gasteiger partial charge on any atom is -0.457 e. The van der Waals surface area contributed by atoms with Crippen LogP contribution in [0.25, 0.3) is 0 Å². The Hall–Kier alpha value is -1.54. The van der Waals surface area contributed by atoms with Crippen molar-refractivity contribution in [2.75, 3.05) is 0 Å². The largest absolute Gasteiger partial charge is 0.457 e. The van der Waals surface area contributed by atoms with Crippen LogP contribution in [0.4, 0.5) is 4.39 Å². The lowest BCUT2D eigenvalue weighted by molar-refractivity contribution is 0.470. The minimum atomic E-state index is -0.344. The number of ether oxygens (including phenoxy) is 1. The van der Waals surface area contributed by atoms with Gasteiger partial charge >= 0.3 is 0 Å². The Morgan fingerprint density at radius 3 is 2.44 bits per heavy atom. The fourth-order valence-electron chi connectivity index (χ4n) is 1.38. The van der Waals surface area contributed by atoms with Gasteiger partial charge in [-0.15, -0.1) is 11.6 Å². The number of rotatable bonds is 3. The van der Waals surface area contributed by atoms with E-state index in [9.17, 15) is 4.39 Å². The van der Waals surface area contributed by atoms with Crippen LogP contribution in [-0.2, 0) is 5.88 Å². The van der Waals surface area contributed by atoms with Gasteiger partial charge in [0.15, 0.2) is 0 Å². The Bertz CT molecular complexity index is 471. The van der Waals surface area contributed by atoms with E-state index in [2.05, 4.69) is 0 Å². The summed E-state index contributed by atoms with van der Waals surface area (Å²) >= 11 is 5.68. The van der Waals surface area contributed by atoms with Crippen LogP contribution in [0.1, 0.15) is 5.56 Å². The van der Waals surface area contributed by atoms with Crippen molar-refractivity contribution in [2.45, 2.75) is 5.88 Å². The summed E-state index contributed by atoms with van der Waals surface area (Å²) in [6, 6.07) is 13.9. The van der Waals surface area contributed by atoms with Gasteiger partial charge in [-0.05, 0) is 24.3 Å². The van der Waals surface area contributed by atoms with Crippen molar-refractivity contribution in [3.05, 3.63) is 59.9 Å². The molecule has 0 saturated carbocycles. The molecule has 0 bridgehead atoms. The molecule has 0 fully saturated rings. The maximum Gasteiger partial charge on any atom is 0.134 e. The molecule has 0 unspecified atom stereocenters. The average Bonchev–Trinajstić information content (AvgIpc) is 2.31. The summed E-state index contributed by atoms with van der Waals surface area (Å²) < 4.78 is 18.9. The number of para-hydroxylation sites is 1. The third kappa shape index (κ3) is 2.34. The van der Waals surface area contributed by atoms with E-state index >= 15 is 0 Å². The van der Waals surface area contributed by atoms with Crippen LogP contribution in [0.15, 0.2) is 48.5 Å². The molecular formula is C13H10ClFO. The van der Waals surface area contributed by atoms with Gasteiger partial charge in [-0.3, -0.25) is 0 Å². The Morgan fingerprint density at radius 1 is 1.00 bits per heavy atom. The zero-order chi connectivity index (χ0) is 11.4. The van der Waals surface area contributed by atoms with Crippen molar-refractivity contribution in [3.63, 3.8) is 0 Å². The predicted octanol–water partition coefficient (Wildman–Crippen LogP) is 4.36. The quantitative estimate of drug-likeness (QED) is 0.720. The lowest BCUT2D eigenvalue weighted by atomic mass is 10.2. The van der Waals surface area contributed by atoms with E-state index in [1.54, 1.807) is 12.1 Å². The van der Waals surface area contributed by atoms with Crippen molar-refractivity contribution >= 4 is 11.6 Å². The number of alkyl halides is 1. The van der Waals surface area contributed by atoms with Crippen LogP contribution in [0, 0.1) is 5.82 Å². The molecule has 0 aromatic heterocycles. The third-order valence-electron chi connectivity index (χ3n) is 2.18. The van der Waals surface area contributed by atoms with Gasteiger partial charge in [0, 0.05) is 5.56 Å². The number of benzene rings is 2. The Labute approximate surface area is 98.4 Å². The van der Waals surface area contributed by atoms with E-state index in [0.29, 0.717) is 17.1 Å². The molecule has 0 amide bonds. The first-order valence-electron chi connectivity index (χ1n) is 4.87. The van der Waals surface area contributed by atoms with Crippen LogP contribution in [0.2, 0.25) is 0 Å². The van der Waals surface area contributed by atoms with Crippen LogP contribution in [0.3, 0.4) is 0 Å². The van der Waals surface area contributed by atoms with E-state index < -0.39 is 0 Å². The highest BCUT2D eigenvalue weighted by Crippen LogP contribution is 2.28. The molecule has 3 heteroatoms. The first-order chi connectivity index (χ1) is 7.81. The summed E-state index contributed by atoms with van der Waals surface area (Å²) in [4.78, 5) is 0. The van der Waals surface area contributed by atoms with Crippen molar-refractivity contribution in [2.24, 2.45) is 0 Å². The van der Waals surface area contributed by atoms with Gasteiger partial charge in [0.25, 0.3) is 0 Å². The van der Waals surface area contributed by atoms with E-state index in [-0.39, 0.29) is 11.7 Å². The molecule has 0 aliphatic carbocycles. The van der Waals surface area contributed by atoms with Crippen LogP contribution in [-0.4, -0.2) is 0 Å². The van der Waals surface area contributed by atoms with Crippen LogP contribution < -0.4 is 4.74 Å². The molecule has 1 nitrogen and oxygen atoms in total. The van der Waals surface area contributed by atoms with Crippen LogP contribution >= 0.6 is 11.6 Å². The molecule has 0 aliphatic heterocycles. The summed E-state index contributed by atoms with van der Waals surface area (Å²) in [5.74, 6) is 0.874. The highest BCUT2D eigenvalue weighted by molar-refractivity contribution is 6.17. The topological polar surface area (TPSA) is 9.23 Å². The van der Waals surface area contributed by atoms with Gasteiger partial charge in [-0.25, -0.2) is 4.39 Å². The van der Waals surface area contributed by atoms with E-state index in [0.717, 1.165) is 0 Å². The zero-order valence-corrected chi connectivity index (χ0v) is 9.25. The average molecular weight is 237 g/mol. The molecule has 0 heterocycles. The molecule has 0 aliphatic rings. The molecule has 0 atom stereocenters. The second-order valence-electron chi connectivity index (χ2n) is 3.27. The van der Waals surface area contributed by atoms with Crippen molar-refractivity contribution in [1.82, 2.24) is 0 Å². The third-order valence-corrected chi connectivity index (χ3v) is 2.45. The summed E-state index contributed by atoms with van der Waals surface area (Å²) in [7, 11) is 0. The number of hydrogen-bond donors (Lipinski definition) is 0. The molecule has 2 aromatic carbocycles. The smallest absolute Gasteiger partial charge is 0.134 e. The Morgan fingerprint density at radius 2 is 1.75 bits per heavy atom. The standard InChI is InChI=1S/C13H10ClFO/c14-9-11-12(15)7-4-8-13(11)16-10-5-2-1-3-6-10/h1-8H,9H2. The summed E-state index contributed by atoms with van der Waals surface area (Å²) in [6.45, 7) is 0. The summed E-state index contributed by atoms with van der Waals surface area (Å²) in [5.41, 5.74) is 0.382. The summed E-state index contributed by atoms with van der Waals surface area (Å²) in [5, 5.41) is 0. The fourth-order valence-corrected chi connectivity index (χ4v) is 1.64. The first-order valence-corrected chi connectivity index (χ1v) is 5.41. The lowest BCUT2D eigenvalue weighted by Crippen LogP contribution is -1.92. The molecule has 0 N–H and O–H groups in total. The molecule has 0 radical (unpaired) electrons. The first kappa shape index (κ1) is 11.0. The van der Waals surface area contributed by atoms with E-state index in [4.69, 9.17) is 16.3 Å². The van der Waals surface area contributed by atoms with Crippen molar-refractivity contribution in [3.8, 4) is 11.5 Å². The number of halogens is 2. The molecule has 2 rings (SSSR count).